The summed E-state index contributed by atoms with van der Waals surface area (Å²) in [6, 6.07) is -0.0623. The fourth-order valence-corrected chi connectivity index (χ4v) is 1.58. The summed E-state index contributed by atoms with van der Waals surface area (Å²) >= 11 is 0. The predicted molar refractivity (Wildman–Crippen MR) is 50.8 cm³/mol. The molecule has 1 saturated heterocycles. The van der Waals surface area contributed by atoms with Crippen LogP contribution in [0.5, 0.6) is 0 Å². The van der Waals surface area contributed by atoms with Crippen LogP contribution in [-0.2, 0) is 9.53 Å². The maximum atomic E-state index is 11.9. The Balaban J connectivity index is 2.36. The highest BCUT2D eigenvalue weighted by molar-refractivity contribution is 5.79. The summed E-state index contributed by atoms with van der Waals surface area (Å²) in [5, 5.41) is 5.29. The lowest BCUT2D eigenvalue weighted by atomic mass is 10.0. The number of hydrogen-bond donors (Lipinski definition) is 2. The molecule has 0 aromatic heterocycles. The highest BCUT2D eigenvalue weighted by Crippen LogP contribution is 2.13. The molecule has 1 aliphatic heterocycles. The largest absolute Gasteiger partial charge is 0.379 e. The van der Waals surface area contributed by atoms with Gasteiger partial charge in [-0.1, -0.05) is 6.92 Å². The van der Waals surface area contributed by atoms with Crippen molar-refractivity contribution < 1.29 is 18.3 Å². The third kappa shape index (κ3) is 3.71. The zero-order valence-corrected chi connectivity index (χ0v) is 8.63. The van der Waals surface area contributed by atoms with Crippen LogP contribution in [0, 0.1) is 5.92 Å². The molecule has 1 fully saturated rings. The number of carbonyl (C=O) groups is 1. The molecule has 2 unspecified atom stereocenters. The molecule has 1 amide bonds. The van der Waals surface area contributed by atoms with Gasteiger partial charge in [-0.05, 0) is 6.54 Å². The standard InChI is InChI=1S/C9H16F2N2O2/c1-2-12-7-5-15-4-6(7)9(14)13-3-8(10)11/h6-8,12H,2-5H2,1H3,(H,13,14). The molecule has 2 N–H and O–H groups in total. The van der Waals surface area contributed by atoms with Crippen molar-refractivity contribution in [2.75, 3.05) is 26.3 Å². The number of hydrogen-bond acceptors (Lipinski definition) is 3. The van der Waals surface area contributed by atoms with Gasteiger partial charge < -0.3 is 15.4 Å². The van der Waals surface area contributed by atoms with Gasteiger partial charge in [0.05, 0.1) is 25.7 Å². The number of carbonyl (C=O) groups excluding carboxylic acids is 1. The van der Waals surface area contributed by atoms with Gasteiger partial charge in [-0.15, -0.1) is 0 Å². The van der Waals surface area contributed by atoms with Crippen LogP contribution in [0.1, 0.15) is 6.92 Å². The molecule has 88 valence electrons. The monoisotopic (exact) mass is 222 g/mol. The van der Waals surface area contributed by atoms with Crippen molar-refractivity contribution in [1.29, 1.82) is 0 Å². The number of rotatable bonds is 5. The fourth-order valence-electron chi connectivity index (χ4n) is 1.58. The zero-order valence-electron chi connectivity index (χ0n) is 8.63. The van der Waals surface area contributed by atoms with E-state index in [2.05, 4.69) is 10.6 Å². The molecule has 0 saturated carbocycles. The molecule has 1 heterocycles. The minimum absolute atomic E-state index is 0.0623. The van der Waals surface area contributed by atoms with E-state index in [1.54, 1.807) is 0 Å². The molecule has 0 spiro atoms. The van der Waals surface area contributed by atoms with Crippen molar-refractivity contribution in [2.24, 2.45) is 5.92 Å². The first kappa shape index (κ1) is 12.3. The summed E-state index contributed by atoms with van der Waals surface area (Å²) in [5.74, 6) is -0.720. The van der Waals surface area contributed by atoms with Gasteiger partial charge in [0.2, 0.25) is 5.91 Å². The van der Waals surface area contributed by atoms with Crippen LogP contribution >= 0.6 is 0 Å². The van der Waals surface area contributed by atoms with Crippen LogP contribution in [0.25, 0.3) is 0 Å². The molecule has 0 aromatic rings. The molecule has 0 aliphatic carbocycles. The topological polar surface area (TPSA) is 50.4 Å². The number of alkyl halides is 2. The molecule has 4 nitrogen and oxygen atoms in total. The third-order valence-corrected chi connectivity index (χ3v) is 2.31. The summed E-state index contributed by atoms with van der Waals surface area (Å²) in [6.45, 7) is 2.82. The van der Waals surface area contributed by atoms with Gasteiger partial charge in [0, 0.05) is 6.04 Å². The summed E-state index contributed by atoms with van der Waals surface area (Å²) in [7, 11) is 0. The first-order valence-corrected chi connectivity index (χ1v) is 5.02. The summed E-state index contributed by atoms with van der Waals surface area (Å²) in [4.78, 5) is 11.5. The van der Waals surface area contributed by atoms with E-state index < -0.39 is 13.0 Å². The molecule has 2 atom stereocenters. The molecule has 1 rings (SSSR count). The molecule has 6 heteroatoms. The van der Waals surface area contributed by atoms with Gasteiger partial charge >= 0.3 is 0 Å². The number of ether oxygens (including phenoxy) is 1. The maximum Gasteiger partial charge on any atom is 0.255 e. The summed E-state index contributed by atoms with van der Waals surface area (Å²) in [5.41, 5.74) is 0. The predicted octanol–water partition coefficient (Wildman–Crippen LogP) is -0.00780. The second-order valence-electron chi connectivity index (χ2n) is 3.44. The zero-order chi connectivity index (χ0) is 11.3. The Kier molecular flexibility index (Phi) is 4.90. The van der Waals surface area contributed by atoms with Gasteiger partial charge in [-0.2, -0.15) is 0 Å². The lowest BCUT2D eigenvalue weighted by Gasteiger charge is -2.17. The van der Waals surface area contributed by atoms with Crippen molar-refractivity contribution >= 4 is 5.91 Å². The number of amides is 1. The summed E-state index contributed by atoms with van der Waals surface area (Å²) in [6.07, 6.45) is -2.51. The first-order valence-electron chi connectivity index (χ1n) is 5.02. The van der Waals surface area contributed by atoms with Crippen LogP contribution in [0.4, 0.5) is 8.78 Å². The second kappa shape index (κ2) is 5.97. The lowest BCUT2D eigenvalue weighted by molar-refractivity contribution is -0.126. The van der Waals surface area contributed by atoms with E-state index >= 15 is 0 Å². The molecular weight excluding hydrogens is 206 g/mol. The molecule has 15 heavy (non-hydrogen) atoms. The van der Waals surface area contributed by atoms with Crippen molar-refractivity contribution in [3.05, 3.63) is 0 Å². The normalized spacial score (nSPS) is 25.9. The van der Waals surface area contributed by atoms with Gasteiger partial charge in [0.1, 0.15) is 0 Å². The van der Waals surface area contributed by atoms with Gasteiger partial charge in [0.25, 0.3) is 6.43 Å². The molecular formula is C9H16F2N2O2. The minimum atomic E-state index is -2.51. The Hall–Kier alpha value is -0.750. The Labute approximate surface area is 87.4 Å². The Bertz CT molecular complexity index is 214. The Morgan fingerprint density at radius 2 is 2.27 bits per heavy atom. The average Bonchev–Trinajstić information content (AvgIpc) is 2.63. The molecule has 0 radical (unpaired) electrons. The summed E-state index contributed by atoms with van der Waals surface area (Å²) < 4.78 is 28.9. The van der Waals surface area contributed by atoms with E-state index in [1.807, 2.05) is 6.92 Å². The van der Waals surface area contributed by atoms with Crippen molar-refractivity contribution in [2.45, 2.75) is 19.4 Å². The fraction of sp³-hybridized carbons (Fsp3) is 0.889. The van der Waals surface area contributed by atoms with Gasteiger partial charge in [-0.3, -0.25) is 4.79 Å². The highest BCUT2D eigenvalue weighted by atomic mass is 19.3. The Morgan fingerprint density at radius 3 is 2.87 bits per heavy atom. The van der Waals surface area contributed by atoms with Crippen molar-refractivity contribution in [3.8, 4) is 0 Å². The van der Waals surface area contributed by atoms with E-state index in [0.29, 0.717) is 13.2 Å². The van der Waals surface area contributed by atoms with Gasteiger partial charge in [-0.25, -0.2) is 8.78 Å². The van der Waals surface area contributed by atoms with E-state index in [4.69, 9.17) is 4.74 Å². The quantitative estimate of drug-likeness (QED) is 0.688. The van der Waals surface area contributed by atoms with Gasteiger partial charge in [0.15, 0.2) is 0 Å². The first-order chi connectivity index (χ1) is 7.15. The van der Waals surface area contributed by atoms with Crippen LogP contribution in [0.3, 0.4) is 0 Å². The van der Waals surface area contributed by atoms with E-state index in [0.717, 1.165) is 6.54 Å². The SMILES string of the molecule is CCNC1COCC1C(=O)NCC(F)F. The maximum absolute atomic E-state index is 11.9. The number of nitrogens with one attached hydrogen (secondary N) is 2. The second-order valence-corrected chi connectivity index (χ2v) is 3.44. The third-order valence-electron chi connectivity index (χ3n) is 2.31. The number of halogens is 2. The highest BCUT2D eigenvalue weighted by Gasteiger charge is 2.33. The average molecular weight is 222 g/mol. The van der Waals surface area contributed by atoms with Crippen LogP contribution in [-0.4, -0.2) is 44.7 Å². The van der Waals surface area contributed by atoms with E-state index in [1.165, 1.54) is 0 Å². The number of likely N-dealkylation sites (N-methyl/N-ethyl adjacent to an activating group) is 1. The van der Waals surface area contributed by atoms with E-state index in [-0.39, 0.29) is 17.9 Å². The molecule has 1 aliphatic rings. The Morgan fingerprint density at radius 1 is 1.53 bits per heavy atom. The minimum Gasteiger partial charge on any atom is -0.379 e. The lowest BCUT2D eigenvalue weighted by Crippen LogP contribution is -2.44. The van der Waals surface area contributed by atoms with Crippen molar-refractivity contribution in [3.63, 3.8) is 0 Å². The van der Waals surface area contributed by atoms with E-state index in [9.17, 15) is 13.6 Å². The molecule has 0 aromatic carbocycles. The van der Waals surface area contributed by atoms with Crippen LogP contribution in [0.15, 0.2) is 0 Å². The molecule has 0 bridgehead atoms. The van der Waals surface area contributed by atoms with Crippen molar-refractivity contribution in [1.82, 2.24) is 10.6 Å². The smallest absolute Gasteiger partial charge is 0.255 e. The van der Waals surface area contributed by atoms with Crippen LogP contribution < -0.4 is 10.6 Å². The van der Waals surface area contributed by atoms with Crippen LogP contribution in [0.2, 0.25) is 0 Å².